The van der Waals surface area contributed by atoms with Gasteiger partial charge in [0.25, 0.3) is 0 Å². The molecule has 2 N–H and O–H groups in total. The van der Waals surface area contributed by atoms with Crippen molar-refractivity contribution in [1.82, 2.24) is 0 Å². The Bertz CT molecular complexity index is 342. The van der Waals surface area contributed by atoms with E-state index >= 15 is 0 Å². The third-order valence-corrected chi connectivity index (χ3v) is 2.88. The molecule has 4 heteroatoms. The lowest BCUT2D eigenvalue weighted by Crippen LogP contribution is -2.28. The van der Waals surface area contributed by atoms with Crippen molar-refractivity contribution < 1.29 is 4.39 Å². The average molecular weight is 322 g/mol. The van der Waals surface area contributed by atoms with Crippen LogP contribution >= 0.6 is 22.6 Å². The molecule has 1 aromatic carbocycles. The van der Waals surface area contributed by atoms with E-state index < -0.39 is 0 Å². The molecule has 1 heterocycles. The number of nitrogens with two attached hydrogens (primary N) is 1. The third-order valence-electron chi connectivity index (χ3n) is 2.05. The van der Waals surface area contributed by atoms with Crippen LogP contribution in [0.15, 0.2) is 12.1 Å². The van der Waals surface area contributed by atoms with Gasteiger partial charge in [-0.15, -0.1) is 0 Å². The number of halogens is 2. The Hall–Kier alpha value is -0.360. The van der Waals surface area contributed by atoms with E-state index in [2.05, 4.69) is 13.8 Å². The molecule has 0 bridgehead atoms. The number of benzene rings is 1. The molecule has 0 unspecified atom stereocenters. The minimum absolute atomic E-state index is 0.148. The number of anilines is 1. The monoisotopic (exact) mass is 322 g/mol. The maximum atomic E-state index is 13.0. The van der Waals surface area contributed by atoms with Crippen LogP contribution in [0.4, 0.5) is 10.1 Å². The van der Waals surface area contributed by atoms with Crippen LogP contribution in [0.2, 0.25) is 0 Å². The summed E-state index contributed by atoms with van der Waals surface area (Å²) in [6, 6.07) is 3.36. The Balaban J connectivity index is 0.000000337. The molecule has 0 saturated heterocycles. The number of hydrogen-bond acceptors (Lipinski definition) is 2. The number of hydrazine groups is 1. The predicted molar refractivity (Wildman–Crippen MR) is 70.3 cm³/mol. The summed E-state index contributed by atoms with van der Waals surface area (Å²) in [6.45, 7) is 5.04. The zero-order chi connectivity index (χ0) is 11.4. The minimum Gasteiger partial charge on any atom is -0.310 e. The zero-order valence-corrected chi connectivity index (χ0v) is 11.2. The molecule has 1 aromatic rings. The number of rotatable bonds is 0. The summed E-state index contributed by atoms with van der Waals surface area (Å²) >= 11 is 1.97. The second kappa shape index (κ2) is 5.65. The molecule has 84 valence electrons. The molecule has 0 aliphatic carbocycles. The SMILES string of the molecule is CCC.NN1CCc2cc(F)c(I)cc21. The van der Waals surface area contributed by atoms with Gasteiger partial charge in [-0.2, -0.15) is 0 Å². The first kappa shape index (κ1) is 12.7. The highest BCUT2D eigenvalue weighted by molar-refractivity contribution is 14.1. The minimum atomic E-state index is -0.148. The first-order valence-electron chi connectivity index (χ1n) is 5.10. The molecule has 0 spiro atoms. The Morgan fingerprint density at radius 1 is 1.47 bits per heavy atom. The third kappa shape index (κ3) is 3.04. The van der Waals surface area contributed by atoms with Crippen LogP contribution in [0.25, 0.3) is 0 Å². The van der Waals surface area contributed by atoms with E-state index in [1.807, 2.05) is 22.6 Å². The highest BCUT2D eigenvalue weighted by atomic mass is 127. The molecular weight excluding hydrogens is 306 g/mol. The van der Waals surface area contributed by atoms with E-state index in [1.165, 1.54) is 6.42 Å². The first-order valence-corrected chi connectivity index (χ1v) is 6.18. The highest BCUT2D eigenvalue weighted by Gasteiger charge is 2.18. The quantitative estimate of drug-likeness (QED) is 0.587. The molecule has 15 heavy (non-hydrogen) atoms. The van der Waals surface area contributed by atoms with Gasteiger partial charge in [-0.1, -0.05) is 20.3 Å². The molecule has 1 aliphatic rings. The molecule has 2 nitrogen and oxygen atoms in total. The summed E-state index contributed by atoms with van der Waals surface area (Å²) in [6.07, 6.45) is 2.10. The van der Waals surface area contributed by atoms with Crippen LogP contribution in [-0.4, -0.2) is 6.54 Å². The molecule has 0 aromatic heterocycles. The highest BCUT2D eigenvalue weighted by Crippen LogP contribution is 2.28. The fourth-order valence-corrected chi connectivity index (χ4v) is 1.86. The average Bonchev–Trinajstić information content (AvgIpc) is 2.51. The largest absolute Gasteiger partial charge is 0.310 e. The second-order valence-corrected chi connectivity index (χ2v) is 4.71. The summed E-state index contributed by atoms with van der Waals surface area (Å²) in [5, 5.41) is 1.66. The predicted octanol–water partition coefficient (Wildman–Crippen LogP) is 3.08. The lowest BCUT2D eigenvalue weighted by atomic mass is 10.2. The van der Waals surface area contributed by atoms with Crippen LogP contribution in [0.3, 0.4) is 0 Å². The fourth-order valence-electron chi connectivity index (χ4n) is 1.41. The summed E-state index contributed by atoms with van der Waals surface area (Å²) in [4.78, 5) is 0. The van der Waals surface area contributed by atoms with E-state index in [-0.39, 0.29) is 5.82 Å². The Morgan fingerprint density at radius 3 is 2.67 bits per heavy atom. The van der Waals surface area contributed by atoms with E-state index in [0.29, 0.717) is 3.57 Å². The Kier molecular flexibility index (Phi) is 4.79. The van der Waals surface area contributed by atoms with Gasteiger partial charge >= 0.3 is 0 Å². The summed E-state index contributed by atoms with van der Waals surface area (Å²) in [7, 11) is 0. The van der Waals surface area contributed by atoms with Gasteiger partial charge in [0, 0.05) is 6.54 Å². The summed E-state index contributed by atoms with van der Waals surface area (Å²) in [5.74, 6) is 5.52. The lowest BCUT2D eigenvalue weighted by molar-refractivity contribution is 0.619. The van der Waals surface area contributed by atoms with E-state index in [4.69, 9.17) is 5.84 Å². The standard InChI is InChI=1S/C8H8FIN2.C3H8/c9-6-3-5-1-2-12(11)8(5)4-7(6)10;1-3-2/h3-4H,1-2,11H2;3H2,1-2H3. The van der Waals surface area contributed by atoms with Crippen molar-refractivity contribution in [3.05, 3.63) is 27.1 Å². The Labute approximate surface area is 104 Å². The van der Waals surface area contributed by atoms with E-state index in [1.54, 1.807) is 17.1 Å². The van der Waals surface area contributed by atoms with Crippen molar-refractivity contribution in [1.29, 1.82) is 0 Å². The normalized spacial score (nSPS) is 13.3. The second-order valence-electron chi connectivity index (χ2n) is 3.55. The van der Waals surface area contributed by atoms with E-state index in [0.717, 1.165) is 24.2 Å². The van der Waals surface area contributed by atoms with Crippen molar-refractivity contribution in [3.63, 3.8) is 0 Å². The van der Waals surface area contributed by atoms with Crippen molar-refractivity contribution >= 4 is 28.3 Å². The molecule has 1 aliphatic heterocycles. The fraction of sp³-hybridized carbons (Fsp3) is 0.455. The number of hydrogen-bond donors (Lipinski definition) is 1. The van der Waals surface area contributed by atoms with Crippen LogP contribution in [0.1, 0.15) is 25.8 Å². The topological polar surface area (TPSA) is 29.3 Å². The van der Waals surface area contributed by atoms with Crippen LogP contribution < -0.4 is 10.9 Å². The molecule has 0 atom stereocenters. The van der Waals surface area contributed by atoms with Crippen molar-refractivity contribution in [2.24, 2.45) is 5.84 Å². The first-order chi connectivity index (χ1) is 7.10. The molecule has 0 radical (unpaired) electrons. The van der Waals surface area contributed by atoms with Gasteiger partial charge in [0.05, 0.1) is 9.26 Å². The van der Waals surface area contributed by atoms with Gasteiger partial charge in [0.1, 0.15) is 5.82 Å². The summed E-state index contributed by atoms with van der Waals surface area (Å²) < 4.78 is 13.7. The Morgan fingerprint density at radius 2 is 2.07 bits per heavy atom. The zero-order valence-electron chi connectivity index (χ0n) is 9.06. The molecule has 0 fully saturated rings. The number of fused-ring (bicyclic) bond motifs is 1. The van der Waals surface area contributed by atoms with Gasteiger partial charge < -0.3 is 5.01 Å². The van der Waals surface area contributed by atoms with Crippen molar-refractivity contribution in [2.75, 3.05) is 11.6 Å². The van der Waals surface area contributed by atoms with E-state index in [9.17, 15) is 4.39 Å². The molecular formula is C11H16FIN2. The maximum Gasteiger partial charge on any atom is 0.136 e. The lowest BCUT2D eigenvalue weighted by Gasteiger charge is -2.11. The number of nitrogens with zero attached hydrogens (tertiary/aromatic N) is 1. The van der Waals surface area contributed by atoms with Crippen LogP contribution in [0.5, 0.6) is 0 Å². The van der Waals surface area contributed by atoms with Gasteiger partial charge in [-0.25, -0.2) is 10.2 Å². The van der Waals surface area contributed by atoms with Crippen LogP contribution in [0, 0.1) is 9.39 Å². The molecule has 0 amide bonds. The molecule has 2 rings (SSSR count). The van der Waals surface area contributed by atoms with Gasteiger partial charge in [0.2, 0.25) is 0 Å². The van der Waals surface area contributed by atoms with Gasteiger partial charge in [-0.3, -0.25) is 0 Å². The smallest absolute Gasteiger partial charge is 0.136 e. The van der Waals surface area contributed by atoms with Crippen LogP contribution in [-0.2, 0) is 6.42 Å². The summed E-state index contributed by atoms with van der Waals surface area (Å²) in [5.41, 5.74) is 1.97. The maximum absolute atomic E-state index is 13.0. The van der Waals surface area contributed by atoms with Gasteiger partial charge in [0.15, 0.2) is 0 Å². The molecule has 0 saturated carbocycles. The van der Waals surface area contributed by atoms with Crippen molar-refractivity contribution in [2.45, 2.75) is 26.7 Å². The van der Waals surface area contributed by atoms with Gasteiger partial charge in [-0.05, 0) is 46.7 Å². The van der Waals surface area contributed by atoms with Crippen molar-refractivity contribution in [3.8, 4) is 0 Å².